The fourth-order valence-corrected chi connectivity index (χ4v) is 1.93. The highest BCUT2D eigenvalue weighted by Gasteiger charge is 2.09. The second-order valence-corrected chi connectivity index (χ2v) is 4.41. The van der Waals surface area contributed by atoms with Gasteiger partial charge in [-0.15, -0.1) is 0 Å². The molecule has 1 aromatic carbocycles. The summed E-state index contributed by atoms with van der Waals surface area (Å²) in [7, 11) is 0. The van der Waals surface area contributed by atoms with Crippen molar-refractivity contribution in [2.75, 3.05) is 0 Å². The molecular formula is C13H13ClN2O. The van der Waals surface area contributed by atoms with Crippen LogP contribution >= 0.6 is 11.6 Å². The third kappa shape index (κ3) is 2.11. The van der Waals surface area contributed by atoms with Gasteiger partial charge in [0.1, 0.15) is 0 Å². The van der Waals surface area contributed by atoms with Gasteiger partial charge in [-0.1, -0.05) is 11.6 Å². The Balaban J connectivity index is 2.54. The minimum absolute atomic E-state index is 0.0111. The Bertz CT molecular complexity index is 587. The average Bonchev–Trinajstić information content (AvgIpc) is 2.60. The van der Waals surface area contributed by atoms with E-state index in [0.29, 0.717) is 10.6 Å². The zero-order chi connectivity index (χ0) is 12.6. The summed E-state index contributed by atoms with van der Waals surface area (Å²) in [5.74, 6) is 0.0111. The number of ketones is 1. The summed E-state index contributed by atoms with van der Waals surface area (Å²) in [6, 6.07) is 5.31. The van der Waals surface area contributed by atoms with Gasteiger partial charge in [-0.2, -0.15) is 0 Å². The average molecular weight is 249 g/mol. The van der Waals surface area contributed by atoms with E-state index in [-0.39, 0.29) is 5.78 Å². The summed E-state index contributed by atoms with van der Waals surface area (Å²) in [6.45, 7) is 5.46. The maximum absolute atomic E-state index is 11.2. The first-order valence-electron chi connectivity index (χ1n) is 5.32. The topological polar surface area (TPSA) is 34.9 Å². The molecular weight excluding hydrogens is 236 g/mol. The molecule has 0 spiro atoms. The number of aryl methyl sites for hydroxylation is 1. The fraction of sp³-hybridized carbons (Fsp3) is 0.231. The van der Waals surface area contributed by atoms with Crippen LogP contribution in [0.2, 0.25) is 5.02 Å². The number of carbonyl (C=O) groups is 1. The third-order valence-electron chi connectivity index (χ3n) is 2.87. The van der Waals surface area contributed by atoms with Crippen LogP contribution in [0.5, 0.6) is 0 Å². The van der Waals surface area contributed by atoms with E-state index in [1.165, 1.54) is 6.92 Å². The van der Waals surface area contributed by atoms with Crippen LogP contribution in [0.3, 0.4) is 0 Å². The maximum atomic E-state index is 11.2. The van der Waals surface area contributed by atoms with Gasteiger partial charge in [0.25, 0.3) is 0 Å². The lowest BCUT2D eigenvalue weighted by Gasteiger charge is -2.08. The molecule has 0 amide bonds. The second kappa shape index (κ2) is 4.34. The van der Waals surface area contributed by atoms with Crippen LogP contribution in [-0.2, 0) is 0 Å². The first kappa shape index (κ1) is 11.9. The molecule has 0 atom stereocenters. The van der Waals surface area contributed by atoms with Gasteiger partial charge < -0.3 is 4.57 Å². The summed E-state index contributed by atoms with van der Waals surface area (Å²) in [5.41, 5.74) is 3.47. The summed E-state index contributed by atoms with van der Waals surface area (Å²) < 4.78 is 1.92. The van der Waals surface area contributed by atoms with Crippen LogP contribution in [-0.4, -0.2) is 15.3 Å². The molecule has 1 heterocycles. The molecule has 0 saturated heterocycles. The summed E-state index contributed by atoms with van der Waals surface area (Å²) >= 11 is 6.19. The summed E-state index contributed by atoms with van der Waals surface area (Å²) in [4.78, 5) is 15.5. The van der Waals surface area contributed by atoms with E-state index in [1.807, 2.05) is 24.5 Å². The van der Waals surface area contributed by atoms with Crippen LogP contribution in [0.1, 0.15) is 28.7 Å². The molecule has 4 heteroatoms. The molecule has 0 aliphatic rings. The van der Waals surface area contributed by atoms with Crippen LogP contribution < -0.4 is 0 Å². The summed E-state index contributed by atoms with van der Waals surface area (Å²) in [5, 5.41) is 0.554. The smallest absolute Gasteiger partial charge is 0.159 e. The van der Waals surface area contributed by atoms with E-state index in [2.05, 4.69) is 4.98 Å². The van der Waals surface area contributed by atoms with Gasteiger partial charge in [0.15, 0.2) is 5.78 Å². The molecule has 0 fully saturated rings. The molecule has 2 rings (SSSR count). The van der Waals surface area contributed by atoms with E-state index in [1.54, 1.807) is 18.5 Å². The van der Waals surface area contributed by atoms with Gasteiger partial charge in [0, 0.05) is 11.3 Å². The first-order valence-corrected chi connectivity index (χ1v) is 5.70. The Kier molecular flexibility index (Phi) is 3.03. The Morgan fingerprint density at radius 3 is 2.53 bits per heavy atom. The molecule has 0 bridgehead atoms. The normalized spacial score (nSPS) is 10.6. The highest BCUT2D eigenvalue weighted by atomic mass is 35.5. The Labute approximate surface area is 105 Å². The molecule has 0 radical (unpaired) electrons. The van der Waals surface area contributed by atoms with Gasteiger partial charge in [0.2, 0.25) is 0 Å². The monoisotopic (exact) mass is 248 g/mol. The van der Waals surface area contributed by atoms with Gasteiger partial charge in [-0.05, 0) is 39.0 Å². The Morgan fingerprint density at radius 2 is 2.06 bits per heavy atom. The van der Waals surface area contributed by atoms with Crippen molar-refractivity contribution in [3.05, 3.63) is 46.5 Å². The predicted molar refractivity (Wildman–Crippen MR) is 68.1 cm³/mol. The number of halogens is 1. The number of nitrogens with zero attached hydrogens (tertiary/aromatic N) is 2. The molecule has 2 aromatic rings. The SMILES string of the molecule is CC(=O)c1ccc(-n2cnc(C)c2C)c(Cl)c1. The van der Waals surface area contributed by atoms with Crippen LogP contribution in [0.25, 0.3) is 5.69 Å². The molecule has 0 aliphatic heterocycles. The van der Waals surface area contributed by atoms with Crippen molar-refractivity contribution in [1.29, 1.82) is 0 Å². The van der Waals surface area contributed by atoms with Crippen molar-refractivity contribution in [2.45, 2.75) is 20.8 Å². The number of hydrogen-bond acceptors (Lipinski definition) is 2. The van der Waals surface area contributed by atoms with Crippen molar-refractivity contribution in [1.82, 2.24) is 9.55 Å². The summed E-state index contributed by atoms with van der Waals surface area (Å²) in [6.07, 6.45) is 1.74. The van der Waals surface area contributed by atoms with Crippen molar-refractivity contribution >= 4 is 17.4 Å². The van der Waals surface area contributed by atoms with Gasteiger partial charge in [0.05, 0.1) is 22.7 Å². The number of benzene rings is 1. The number of rotatable bonds is 2. The van der Waals surface area contributed by atoms with Crippen molar-refractivity contribution in [3.63, 3.8) is 0 Å². The van der Waals surface area contributed by atoms with Crippen molar-refractivity contribution in [2.24, 2.45) is 0 Å². The quantitative estimate of drug-likeness (QED) is 0.764. The number of Topliss-reactive ketones (excluding diaryl/α,β-unsaturated/α-hetero) is 1. The fourth-order valence-electron chi connectivity index (χ4n) is 1.66. The largest absolute Gasteiger partial charge is 0.302 e. The van der Waals surface area contributed by atoms with Crippen LogP contribution in [0.15, 0.2) is 24.5 Å². The van der Waals surface area contributed by atoms with E-state index >= 15 is 0 Å². The van der Waals surface area contributed by atoms with E-state index in [0.717, 1.165) is 17.1 Å². The number of aromatic nitrogens is 2. The lowest BCUT2D eigenvalue weighted by Crippen LogP contribution is -1.99. The zero-order valence-corrected chi connectivity index (χ0v) is 10.7. The van der Waals surface area contributed by atoms with Crippen LogP contribution in [0, 0.1) is 13.8 Å². The van der Waals surface area contributed by atoms with Gasteiger partial charge in [-0.25, -0.2) is 4.98 Å². The zero-order valence-electron chi connectivity index (χ0n) is 9.99. The highest BCUT2D eigenvalue weighted by Crippen LogP contribution is 2.24. The predicted octanol–water partition coefficient (Wildman–Crippen LogP) is 3.35. The van der Waals surface area contributed by atoms with Gasteiger partial charge in [-0.3, -0.25) is 4.79 Å². The number of imidazole rings is 1. The highest BCUT2D eigenvalue weighted by molar-refractivity contribution is 6.32. The first-order chi connectivity index (χ1) is 8.00. The minimum Gasteiger partial charge on any atom is -0.302 e. The standard InChI is InChI=1S/C13H13ClN2O/c1-8-9(2)16(7-15-8)13-5-4-11(10(3)17)6-12(13)14/h4-7H,1-3H3. The molecule has 17 heavy (non-hydrogen) atoms. The lowest BCUT2D eigenvalue weighted by molar-refractivity contribution is 0.101. The van der Waals surface area contributed by atoms with Crippen LogP contribution in [0.4, 0.5) is 0 Å². The number of carbonyl (C=O) groups excluding carboxylic acids is 1. The van der Waals surface area contributed by atoms with Gasteiger partial charge >= 0.3 is 0 Å². The molecule has 88 valence electrons. The molecule has 0 unspecified atom stereocenters. The minimum atomic E-state index is 0.0111. The van der Waals surface area contributed by atoms with E-state index in [4.69, 9.17) is 11.6 Å². The molecule has 0 N–H and O–H groups in total. The molecule has 0 saturated carbocycles. The molecule has 3 nitrogen and oxygen atoms in total. The second-order valence-electron chi connectivity index (χ2n) is 4.01. The molecule has 1 aromatic heterocycles. The molecule has 0 aliphatic carbocycles. The van der Waals surface area contributed by atoms with Crippen molar-refractivity contribution < 1.29 is 4.79 Å². The van der Waals surface area contributed by atoms with E-state index < -0.39 is 0 Å². The Hall–Kier alpha value is -1.61. The number of hydrogen-bond donors (Lipinski definition) is 0. The lowest BCUT2D eigenvalue weighted by atomic mass is 10.1. The Morgan fingerprint density at radius 1 is 1.35 bits per heavy atom. The maximum Gasteiger partial charge on any atom is 0.159 e. The van der Waals surface area contributed by atoms with Crippen molar-refractivity contribution in [3.8, 4) is 5.69 Å². The third-order valence-corrected chi connectivity index (χ3v) is 3.17. The van der Waals surface area contributed by atoms with E-state index in [9.17, 15) is 4.79 Å².